The van der Waals surface area contributed by atoms with Gasteiger partial charge in [-0.25, -0.2) is 9.59 Å². The van der Waals surface area contributed by atoms with Crippen molar-refractivity contribution in [2.24, 2.45) is 11.3 Å². The molecular weight excluding hydrogens is 498 g/mol. The van der Waals surface area contributed by atoms with Gasteiger partial charge in [-0.15, -0.1) is 11.3 Å². The fourth-order valence-electron chi connectivity index (χ4n) is 4.38. The molecule has 8 nitrogen and oxygen atoms in total. The molecule has 3 aromatic rings. The van der Waals surface area contributed by atoms with Crippen LogP contribution in [0, 0.1) is 18.3 Å². The number of aryl methyl sites for hydroxylation is 1. The highest BCUT2D eigenvalue weighted by atomic mass is 32.2. The van der Waals surface area contributed by atoms with Crippen LogP contribution < -0.4 is 15.6 Å². The van der Waals surface area contributed by atoms with Crippen molar-refractivity contribution in [2.45, 2.75) is 58.9 Å². The van der Waals surface area contributed by atoms with E-state index in [1.807, 2.05) is 31.2 Å². The van der Waals surface area contributed by atoms with Gasteiger partial charge in [0.15, 0.2) is 0 Å². The first-order valence-electron chi connectivity index (χ1n) is 12.0. The number of nitrogens with zero attached hydrogens (tertiary/aromatic N) is 1. The number of thiophene rings is 1. The zero-order valence-electron chi connectivity index (χ0n) is 21.2. The second kappa shape index (κ2) is 10.6. The Kier molecular flexibility index (Phi) is 7.75. The minimum absolute atomic E-state index is 0.0239. The van der Waals surface area contributed by atoms with Crippen molar-refractivity contribution < 1.29 is 23.5 Å². The Hall–Kier alpha value is -2.85. The predicted octanol–water partition coefficient (Wildman–Crippen LogP) is 4.67. The summed E-state index contributed by atoms with van der Waals surface area (Å²) in [5.41, 5.74) is 2.88. The van der Waals surface area contributed by atoms with Crippen molar-refractivity contribution >= 4 is 40.0 Å². The molecule has 192 valence electrons. The highest BCUT2D eigenvalue weighted by Crippen LogP contribution is 2.44. The summed E-state index contributed by atoms with van der Waals surface area (Å²) in [7, 11) is 0. The van der Waals surface area contributed by atoms with Crippen LogP contribution in [0.4, 0.5) is 5.00 Å². The Morgan fingerprint density at radius 2 is 2.00 bits per heavy atom. The summed E-state index contributed by atoms with van der Waals surface area (Å²) in [6.45, 7) is 10.7. The highest BCUT2D eigenvalue weighted by molar-refractivity contribution is 7.99. The number of hydrogen-bond donors (Lipinski definition) is 2. The third-order valence-electron chi connectivity index (χ3n) is 6.46. The summed E-state index contributed by atoms with van der Waals surface area (Å²) in [6.07, 6.45) is 2.65. The van der Waals surface area contributed by atoms with Gasteiger partial charge in [-0.3, -0.25) is 9.32 Å². The third kappa shape index (κ3) is 5.59. The van der Waals surface area contributed by atoms with Crippen LogP contribution in [0.2, 0.25) is 0 Å². The maximum atomic E-state index is 13.0. The Labute approximate surface area is 218 Å². The fourth-order valence-corrected chi connectivity index (χ4v) is 6.48. The number of thioether (sulfide) groups is 1. The minimum atomic E-state index is -0.555. The van der Waals surface area contributed by atoms with Crippen LogP contribution in [0.3, 0.4) is 0 Å². The molecule has 1 aliphatic rings. The van der Waals surface area contributed by atoms with Crippen LogP contribution in [-0.2, 0) is 22.4 Å². The van der Waals surface area contributed by atoms with Gasteiger partial charge in [0.25, 0.3) is 0 Å². The molecule has 4 rings (SSSR count). The van der Waals surface area contributed by atoms with Gasteiger partial charge in [0.2, 0.25) is 11.6 Å². The average molecular weight is 531 g/mol. The molecular formula is C26H32N3O5S2+. The number of fused-ring (bicyclic) bond motifs is 1. The molecule has 2 aromatic heterocycles. The lowest BCUT2D eigenvalue weighted by molar-refractivity contribution is -0.704. The molecule has 2 heterocycles. The lowest BCUT2D eigenvalue weighted by atomic mass is 9.72. The van der Waals surface area contributed by atoms with Gasteiger partial charge < -0.3 is 10.1 Å². The summed E-state index contributed by atoms with van der Waals surface area (Å²) < 4.78 is 11.8. The summed E-state index contributed by atoms with van der Waals surface area (Å²) in [5.74, 6) is -0.240. The van der Waals surface area contributed by atoms with Gasteiger partial charge in [-0.1, -0.05) is 38.5 Å². The topological polar surface area (TPSA) is 105 Å². The van der Waals surface area contributed by atoms with Crippen LogP contribution >= 0.6 is 23.1 Å². The maximum Gasteiger partial charge on any atom is 0.442 e. The minimum Gasteiger partial charge on any atom is -0.462 e. The smallest absolute Gasteiger partial charge is 0.442 e. The number of ether oxygens (including phenoxy) is 1. The first-order valence-corrected chi connectivity index (χ1v) is 13.8. The molecule has 1 aliphatic carbocycles. The molecule has 2 N–H and O–H groups in total. The number of carbonyl (C=O) groups is 2. The number of nitrogens with one attached hydrogen (secondary N) is 2. The van der Waals surface area contributed by atoms with Gasteiger partial charge in [0, 0.05) is 17.0 Å². The summed E-state index contributed by atoms with van der Waals surface area (Å²) in [6, 6.07) is 7.57. The van der Waals surface area contributed by atoms with E-state index in [0.717, 1.165) is 52.7 Å². The maximum absolute atomic E-state index is 13.0. The molecule has 0 fully saturated rings. The molecule has 0 bridgehead atoms. The monoisotopic (exact) mass is 530 g/mol. The molecule has 1 atom stereocenters. The van der Waals surface area contributed by atoms with Crippen LogP contribution in [-0.4, -0.2) is 29.5 Å². The average Bonchev–Trinajstić information content (AvgIpc) is 3.36. The van der Waals surface area contributed by atoms with E-state index in [2.05, 4.69) is 31.4 Å². The number of carbonyl (C=O) groups excluding carboxylic acids is 2. The number of esters is 1. The third-order valence-corrected chi connectivity index (χ3v) is 8.66. The lowest BCUT2D eigenvalue weighted by Gasteiger charge is -2.33. The fraction of sp³-hybridized carbons (Fsp3) is 0.462. The number of aromatic amines is 1. The number of benzene rings is 1. The van der Waals surface area contributed by atoms with E-state index in [0.29, 0.717) is 16.5 Å². The quantitative estimate of drug-likeness (QED) is 0.261. The van der Waals surface area contributed by atoms with Gasteiger partial charge >= 0.3 is 16.6 Å². The van der Waals surface area contributed by atoms with Crippen molar-refractivity contribution in [3.8, 4) is 5.69 Å². The molecule has 1 amide bonds. The molecule has 10 heteroatoms. The van der Waals surface area contributed by atoms with E-state index < -0.39 is 11.6 Å². The van der Waals surface area contributed by atoms with Crippen molar-refractivity contribution in [1.82, 2.24) is 5.27 Å². The second-order valence-corrected chi connectivity index (χ2v) is 12.1. The zero-order chi connectivity index (χ0) is 26.0. The predicted molar refractivity (Wildman–Crippen MR) is 140 cm³/mol. The second-order valence-electron chi connectivity index (χ2n) is 10.0. The number of aromatic nitrogens is 2. The van der Waals surface area contributed by atoms with E-state index in [4.69, 9.17) is 9.26 Å². The SMILES string of the molecule is CCOC(=O)c1c(NC(=O)CSc2c(=O)o[nH][n+]2-c2ccc(C)cc2)sc2c1CCC(C(C)(C)C)C2. The zero-order valence-corrected chi connectivity index (χ0v) is 22.9. The molecule has 0 aliphatic heterocycles. The molecule has 0 saturated heterocycles. The van der Waals surface area contributed by atoms with Gasteiger partial charge in [-0.2, -0.15) is 0 Å². The van der Waals surface area contributed by atoms with Crippen molar-refractivity contribution in [3.63, 3.8) is 0 Å². The van der Waals surface area contributed by atoms with Crippen LogP contribution in [0.5, 0.6) is 0 Å². The van der Waals surface area contributed by atoms with Crippen LogP contribution in [0.1, 0.15) is 60.5 Å². The van der Waals surface area contributed by atoms with E-state index in [1.165, 1.54) is 16.0 Å². The van der Waals surface area contributed by atoms with E-state index in [-0.39, 0.29) is 28.7 Å². The molecule has 36 heavy (non-hydrogen) atoms. The van der Waals surface area contributed by atoms with E-state index in [1.54, 1.807) is 6.92 Å². The molecule has 0 spiro atoms. The Balaban J connectivity index is 1.53. The standard InChI is InChI=1S/C26H31N3O5S2/c1-6-33-24(31)21-18-12-9-16(26(3,4)5)13-19(18)36-22(21)27-20(30)14-35-23-25(32)34-28-29(23)17-10-7-15(2)8-11-17/h7-8,10-11,16H,6,9,12-14H2,1-5H3,(H-,27,28,30,31,32)/p+1. The number of anilines is 1. The van der Waals surface area contributed by atoms with Crippen molar-refractivity contribution in [1.29, 1.82) is 0 Å². The van der Waals surface area contributed by atoms with Gasteiger partial charge in [0.1, 0.15) is 5.00 Å². The Morgan fingerprint density at radius 1 is 1.28 bits per heavy atom. The molecule has 1 aromatic carbocycles. The Morgan fingerprint density at radius 3 is 2.67 bits per heavy atom. The number of hydrogen-bond acceptors (Lipinski definition) is 7. The first-order chi connectivity index (χ1) is 17.1. The number of rotatable bonds is 7. The number of H-pyrrole nitrogens is 1. The summed E-state index contributed by atoms with van der Waals surface area (Å²) in [4.78, 5) is 39.2. The summed E-state index contributed by atoms with van der Waals surface area (Å²) >= 11 is 2.53. The van der Waals surface area contributed by atoms with E-state index >= 15 is 0 Å². The van der Waals surface area contributed by atoms with Crippen LogP contribution in [0.25, 0.3) is 5.69 Å². The van der Waals surface area contributed by atoms with E-state index in [9.17, 15) is 14.4 Å². The molecule has 0 saturated carbocycles. The molecule has 0 radical (unpaired) electrons. The van der Waals surface area contributed by atoms with Crippen molar-refractivity contribution in [3.05, 3.63) is 56.3 Å². The van der Waals surface area contributed by atoms with Gasteiger partial charge in [0.05, 0.1) is 17.9 Å². The summed E-state index contributed by atoms with van der Waals surface area (Å²) in [5, 5.41) is 6.28. The normalized spacial score (nSPS) is 15.4. The number of amides is 1. The molecule has 1 unspecified atom stereocenters. The van der Waals surface area contributed by atoms with Crippen molar-refractivity contribution in [2.75, 3.05) is 17.7 Å². The first kappa shape index (κ1) is 26.2. The highest BCUT2D eigenvalue weighted by Gasteiger charge is 2.34. The largest absolute Gasteiger partial charge is 0.462 e. The van der Waals surface area contributed by atoms with Gasteiger partial charge in [-0.05, 0) is 71.7 Å². The Bertz CT molecular complexity index is 1310. The van der Waals surface area contributed by atoms with Crippen LogP contribution in [0.15, 0.2) is 38.6 Å². The lowest BCUT2D eigenvalue weighted by Crippen LogP contribution is -2.36.